The van der Waals surface area contributed by atoms with Crippen molar-refractivity contribution in [3.05, 3.63) is 35.1 Å². The highest BCUT2D eigenvalue weighted by molar-refractivity contribution is 5.38. The molecule has 1 N–H and O–H groups in total. The van der Waals surface area contributed by atoms with Crippen molar-refractivity contribution < 1.29 is 9.50 Å². The van der Waals surface area contributed by atoms with Gasteiger partial charge in [0.25, 0.3) is 0 Å². The molecule has 0 bridgehead atoms. The predicted molar refractivity (Wildman–Crippen MR) is 82.3 cm³/mol. The van der Waals surface area contributed by atoms with Gasteiger partial charge in [0, 0.05) is 19.1 Å². The molecule has 114 valence electrons. The number of likely N-dealkylation sites (tertiary alicyclic amines) is 1. The number of aliphatic hydroxyl groups is 1. The highest BCUT2D eigenvalue weighted by Crippen LogP contribution is 2.17. The lowest BCUT2D eigenvalue weighted by atomic mass is 10.0. The summed E-state index contributed by atoms with van der Waals surface area (Å²) in [4.78, 5) is 4.68. The van der Waals surface area contributed by atoms with Gasteiger partial charge in [-0.3, -0.25) is 4.90 Å². The van der Waals surface area contributed by atoms with E-state index in [1.807, 2.05) is 6.07 Å². The van der Waals surface area contributed by atoms with E-state index < -0.39 is 0 Å². The van der Waals surface area contributed by atoms with Gasteiger partial charge in [-0.1, -0.05) is 17.9 Å². The SMILES string of the molecule is CN1CCCC(N(C)Cc2ccc(F)c(C#CCO)c2)C1. The van der Waals surface area contributed by atoms with Gasteiger partial charge in [-0.25, -0.2) is 4.39 Å². The summed E-state index contributed by atoms with van der Waals surface area (Å²) < 4.78 is 13.6. The predicted octanol–water partition coefficient (Wildman–Crippen LogP) is 1.70. The molecule has 0 radical (unpaired) electrons. The number of halogens is 1. The van der Waals surface area contributed by atoms with E-state index in [1.165, 1.54) is 25.5 Å². The minimum atomic E-state index is -0.334. The second-order valence-corrected chi connectivity index (χ2v) is 5.75. The van der Waals surface area contributed by atoms with E-state index in [4.69, 9.17) is 5.11 Å². The maximum Gasteiger partial charge on any atom is 0.138 e. The van der Waals surface area contributed by atoms with E-state index in [0.29, 0.717) is 11.6 Å². The Labute approximate surface area is 126 Å². The third-order valence-corrected chi connectivity index (χ3v) is 3.99. The van der Waals surface area contributed by atoms with Crippen molar-refractivity contribution >= 4 is 0 Å². The maximum atomic E-state index is 13.6. The van der Waals surface area contributed by atoms with Crippen LogP contribution in [-0.2, 0) is 6.54 Å². The molecule has 1 saturated heterocycles. The number of piperidine rings is 1. The molecular weight excluding hydrogens is 267 g/mol. The molecule has 3 nitrogen and oxygen atoms in total. The van der Waals surface area contributed by atoms with Crippen molar-refractivity contribution in [2.45, 2.75) is 25.4 Å². The summed E-state index contributed by atoms with van der Waals surface area (Å²) in [5, 5.41) is 8.72. The molecule has 1 fully saturated rings. The number of hydrogen-bond acceptors (Lipinski definition) is 3. The molecule has 1 aliphatic heterocycles. The van der Waals surface area contributed by atoms with Gasteiger partial charge in [-0.15, -0.1) is 0 Å². The largest absolute Gasteiger partial charge is 0.384 e. The minimum absolute atomic E-state index is 0.252. The van der Waals surface area contributed by atoms with Crippen LogP contribution >= 0.6 is 0 Å². The summed E-state index contributed by atoms with van der Waals surface area (Å²) in [7, 11) is 4.27. The van der Waals surface area contributed by atoms with E-state index in [-0.39, 0.29) is 12.4 Å². The van der Waals surface area contributed by atoms with E-state index in [0.717, 1.165) is 18.7 Å². The Bertz CT molecular complexity index is 535. The lowest BCUT2D eigenvalue weighted by Gasteiger charge is -2.35. The van der Waals surface area contributed by atoms with Crippen LogP contribution in [0.1, 0.15) is 24.0 Å². The Morgan fingerprint density at radius 2 is 2.29 bits per heavy atom. The quantitative estimate of drug-likeness (QED) is 0.858. The van der Waals surface area contributed by atoms with Crippen molar-refractivity contribution in [3.8, 4) is 11.8 Å². The van der Waals surface area contributed by atoms with Crippen LogP contribution in [0.15, 0.2) is 18.2 Å². The van der Waals surface area contributed by atoms with Crippen molar-refractivity contribution in [3.63, 3.8) is 0 Å². The molecule has 2 rings (SSSR count). The average molecular weight is 290 g/mol. The molecule has 0 spiro atoms. The first-order chi connectivity index (χ1) is 10.1. The molecule has 0 saturated carbocycles. The normalized spacial score (nSPS) is 19.4. The van der Waals surface area contributed by atoms with E-state index in [1.54, 1.807) is 6.07 Å². The van der Waals surface area contributed by atoms with Crippen LogP contribution in [0.4, 0.5) is 4.39 Å². The Balaban J connectivity index is 2.05. The smallest absolute Gasteiger partial charge is 0.138 e. The summed E-state index contributed by atoms with van der Waals surface area (Å²) in [6, 6.07) is 5.59. The van der Waals surface area contributed by atoms with Crippen LogP contribution in [0.2, 0.25) is 0 Å². The maximum absolute atomic E-state index is 13.6. The van der Waals surface area contributed by atoms with Gasteiger partial charge < -0.3 is 10.0 Å². The van der Waals surface area contributed by atoms with Gasteiger partial charge in [0.2, 0.25) is 0 Å². The van der Waals surface area contributed by atoms with Crippen molar-refractivity contribution in [1.29, 1.82) is 0 Å². The van der Waals surface area contributed by atoms with Gasteiger partial charge >= 0.3 is 0 Å². The molecule has 21 heavy (non-hydrogen) atoms. The third-order valence-electron chi connectivity index (χ3n) is 3.99. The fraction of sp³-hybridized carbons (Fsp3) is 0.529. The van der Waals surface area contributed by atoms with Crippen molar-refractivity contribution in [1.82, 2.24) is 9.80 Å². The number of nitrogens with zero attached hydrogens (tertiary/aromatic N) is 2. The van der Waals surface area contributed by atoms with Crippen molar-refractivity contribution in [2.24, 2.45) is 0 Å². The van der Waals surface area contributed by atoms with Crippen LogP contribution in [-0.4, -0.2) is 54.7 Å². The number of aliphatic hydroxyl groups excluding tert-OH is 1. The van der Waals surface area contributed by atoms with Gasteiger partial charge in [0.05, 0.1) is 5.56 Å². The Hall–Kier alpha value is -1.41. The zero-order valence-electron chi connectivity index (χ0n) is 12.8. The molecule has 1 aliphatic rings. The summed E-state index contributed by atoms with van der Waals surface area (Å²) >= 11 is 0. The van der Waals surface area contributed by atoms with Crippen LogP contribution < -0.4 is 0 Å². The Morgan fingerprint density at radius 3 is 3.00 bits per heavy atom. The van der Waals surface area contributed by atoms with E-state index in [2.05, 4.69) is 35.7 Å². The number of likely N-dealkylation sites (N-methyl/N-ethyl adjacent to an activating group) is 2. The Morgan fingerprint density at radius 1 is 1.48 bits per heavy atom. The molecule has 1 heterocycles. The van der Waals surface area contributed by atoms with Gasteiger partial charge in [0.15, 0.2) is 0 Å². The Kier molecular flexibility index (Phi) is 5.75. The summed E-state index contributed by atoms with van der Waals surface area (Å²) in [5.74, 6) is 4.83. The summed E-state index contributed by atoms with van der Waals surface area (Å²) in [6.07, 6.45) is 2.43. The van der Waals surface area contributed by atoms with Crippen LogP contribution in [0.25, 0.3) is 0 Å². The molecule has 1 atom stereocenters. The number of hydrogen-bond donors (Lipinski definition) is 1. The fourth-order valence-electron chi connectivity index (χ4n) is 2.82. The summed E-state index contributed by atoms with van der Waals surface area (Å²) in [5.41, 5.74) is 1.41. The fourth-order valence-corrected chi connectivity index (χ4v) is 2.82. The third kappa shape index (κ3) is 4.53. The van der Waals surface area contributed by atoms with E-state index >= 15 is 0 Å². The van der Waals surface area contributed by atoms with Gasteiger partial charge in [0.1, 0.15) is 12.4 Å². The van der Waals surface area contributed by atoms with Gasteiger partial charge in [-0.05, 0) is 51.2 Å². The van der Waals surface area contributed by atoms with Crippen LogP contribution in [0.3, 0.4) is 0 Å². The van der Waals surface area contributed by atoms with Gasteiger partial charge in [-0.2, -0.15) is 0 Å². The average Bonchev–Trinajstić information content (AvgIpc) is 2.47. The van der Waals surface area contributed by atoms with Crippen LogP contribution in [0.5, 0.6) is 0 Å². The first-order valence-corrected chi connectivity index (χ1v) is 7.37. The second kappa shape index (κ2) is 7.56. The molecule has 1 unspecified atom stereocenters. The molecular formula is C17H23FN2O. The lowest BCUT2D eigenvalue weighted by Crippen LogP contribution is -2.44. The second-order valence-electron chi connectivity index (χ2n) is 5.75. The van der Waals surface area contributed by atoms with E-state index in [9.17, 15) is 4.39 Å². The number of rotatable bonds is 3. The highest BCUT2D eigenvalue weighted by Gasteiger charge is 2.21. The minimum Gasteiger partial charge on any atom is -0.384 e. The topological polar surface area (TPSA) is 26.7 Å². The standard InChI is InChI=1S/C17H23FN2O/c1-19-9-3-6-16(13-19)20(2)12-14-7-8-17(18)15(11-14)5-4-10-21/h7-8,11,16,21H,3,6,9-10,12-13H2,1-2H3. The molecule has 1 aromatic rings. The lowest BCUT2D eigenvalue weighted by molar-refractivity contribution is 0.129. The molecule has 0 aliphatic carbocycles. The first-order valence-electron chi connectivity index (χ1n) is 7.37. The number of benzene rings is 1. The molecule has 4 heteroatoms. The highest BCUT2D eigenvalue weighted by atomic mass is 19.1. The molecule has 0 aromatic heterocycles. The zero-order chi connectivity index (χ0) is 15.2. The first kappa shape index (κ1) is 16.0. The summed E-state index contributed by atoms with van der Waals surface area (Å²) in [6.45, 7) is 2.78. The molecule has 1 aromatic carbocycles. The van der Waals surface area contributed by atoms with Crippen LogP contribution in [0, 0.1) is 17.7 Å². The van der Waals surface area contributed by atoms with Crippen molar-refractivity contribution in [2.75, 3.05) is 33.8 Å². The monoisotopic (exact) mass is 290 g/mol. The zero-order valence-corrected chi connectivity index (χ0v) is 12.8. The molecule has 0 amide bonds.